The first-order valence-corrected chi connectivity index (χ1v) is 7.01. The van der Waals surface area contributed by atoms with E-state index in [1.807, 2.05) is 6.92 Å². The smallest absolute Gasteiger partial charge is 0.307 e. The highest BCUT2D eigenvalue weighted by Gasteiger charge is 2.36. The predicted octanol–water partition coefficient (Wildman–Crippen LogP) is 0.822. The molecule has 1 unspecified atom stereocenters. The van der Waals surface area contributed by atoms with Crippen molar-refractivity contribution in [3.05, 3.63) is 23.4 Å². The van der Waals surface area contributed by atoms with Crippen LogP contribution >= 0.6 is 0 Å². The van der Waals surface area contributed by atoms with E-state index in [2.05, 4.69) is 4.98 Å². The summed E-state index contributed by atoms with van der Waals surface area (Å²) in [6.45, 7) is 3.88. The van der Waals surface area contributed by atoms with E-state index >= 15 is 0 Å². The number of amides is 1. The van der Waals surface area contributed by atoms with Gasteiger partial charge in [-0.2, -0.15) is 0 Å². The molecule has 0 saturated heterocycles. The minimum atomic E-state index is -1.63. The number of carbonyl (C=O) groups excluding carboxylic acids is 2. The molecule has 0 spiro atoms. The number of carbonyl (C=O) groups is 2. The third-order valence-corrected chi connectivity index (χ3v) is 4.04. The molecule has 1 aromatic heterocycles. The summed E-state index contributed by atoms with van der Waals surface area (Å²) in [6.07, 6.45) is 1.59. The summed E-state index contributed by atoms with van der Waals surface area (Å²) in [5, 5.41) is 0.263. The molecular weight excluding hydrogens is 268 g/mol. The highest BCUT2D eigenvalue weighted by Crippen LogP contribution is 2.25. The number of pyridine rings is 1. The Bertz CT molecular complexity index is 559. The van der Waals surface area contributed by atoms with Crippen molar-refractivity contribution in [2.24, 2.45) is 0 Å². The van der Waals surface area contributed by atoms with Gasteiger partial charge in [-0.05, 0) is 25.5 Å². The maximum atomic E-state index is 12.1. The van der Waals surface area contributed by atoms with Crippen LogP contribution in [0.3, 0.4) is 0 Å². The largest absolute Gasteiger partial charge is 0.466 e. The molecule has 0 aromatic carbocycles. The van der Waals surface area contributed by atoms with Crippen molar-refractivity contribution in [1.29, 1.82) is 0 Å². The molecule has 0 radical (unpaired) electrons. The van der Waals surface area contributed by atoms with E-state index in [0.717, 1.165) is 9.87 Å². The third kappa shape index (κ3) is 2.65. The molecule has 102 valence electrons. The number of nitrogens with zero attached hydrogens (tertiary/aromatic N) is 2. The normalized spacial score (nSPS) is 17.5. The van der Waals surface area contributed by atoms with Crippen molar-refractivity contribution in [3.63, 3.8) is 0 Å². The molecule has 2 heterocycles. The fourth-order valence-electron chi connectivity index (χ4n) is 1.77. The second-order valence-corrected chi connectivity index (χ2v) is 5.40. The standard InChI is InChI=1S/C12H14N2O4S/c1-3-18-10(15)4-5-14-12(16)9-6-8(2)7-13-11(9)19(14)17/h6-7H,3-5H2,1-2H3. The number of esters is 1. The molecule has 1 amide bonds. The van der Waals surface area contributed by atoms with Crippen LogP contribution in [0.4, 0.5) is 0 Å². The SMILES string of the molecule is CCOC(=O)CCN1C(=O)c2cc(C)cnc2S1=O. The van der Waals surface area contributed by atoms with Gasteiger partial charge in [0.25, 0.3) is 5.91 Å². The number of ether oxygens (including phenoxy) is 1. The summed E-state index contributed by atoms with van der Waals surface area (Å²) in [4.78, 5) is 27.4. The van der Waals surface area contributed by atoms with Gasteiger partial charge < -0.3 is 4.74 Å². The van der Waals surface area contributed by atoms with Gasteiger partial charge in [-0.25, -0.2) is 9.19 Å². The van der Waals surface area contributed by atoms with Crippen LogP contribution in [0.25, 0.3) is 0 Å². The molecule has 7 heteroatoms. The highest BCUT2D eigenvalue weighted by molar-refractivity contribution is 7.83. The van der Waals surface area contributed by atoms with Gasteiger partial charge >= 0.3 is 5.97 Å². The molecule has 0 fully saturated rings. The fourth-order valence-corrected chi connectivity index (χ4v) is 2.97. The van der Waals surface area contributed by atoms with Gasteiger partial charge in [0.05, 0.1) is 18.6 Å². The lowest BCUT2D eigenvalue weighted by molar-refractivity contribution is -0.143. The average molecular weight is 282 g/mol. The predicted molar refractivity (Wildman–Crippen MR) is 67.7 cm³/mol. The zero-order chi connectivity index (χ0) is 14.0. The molecule has 1 aliphatic rings. The summed E-state index contributed by atoms with van der Waals surface area (Å²) in [7, 11) is -1.63. The first kappa shape index (κ1) is 13.7. The number of aryl methyl sites for hydroxylation is 1. The maximum absolute atomic E-state index is 12.1. The molecular formula is C12H14N2O4S. The summed E-state index contributed by atoms with van der Waals surface area (Å²) < 4.78 is 18.0. The van der Waals surface area contributed by atoms with Gasteiger partial charge in [0.1, 0.15) is 0 Å². The zero-order valence-electron chi connectivity index (χ0n) is 10.7. The van der Waals surface area contributed by atoms with Gasteiger partial charge in [0, 0.05) is 12.7 Å². The van der Waals surface area contributed by atoms with Crippen LogP contribution < -0.4 is 0 Å². The van der Waals surface area contributed by atoms with E-state index < -0.39 is 17.0 Å². The van der Waals surface area contributed by atoms with E-state index in [1.54, 1.807) is 19.2 Å². The molecule has 0 saturated carbocycles. The van der Waals surface area contributed by atoms with Crippen LogP contribution in [0, 0.1) is 6.92 Å². The Labute approximate surface area is 113 Å². The van der Waals surface area contributed by atoms with Crippen LogP contribution in [-0.4, -0.2) is 38.5 Å². The number of hydrogen-bond donors (Lipinski definition) is 0. The summed E-state index contributed by atoms with van der Waals surface area (Å²) >= 11 is 0. The second kappa shape index (κ2) is 5.48. The van der Waals surface area contributed by atoms with Crippen LogP contribution in [-0.2, 0) is 20.5 Å². The zero-order valence-corrected chi connectivity index (χ0v) is 11.5. The molecule has 0 bridgehead atoms. The third-order valence-electron chi connectivity index (χ3n) is 2.63. The minimum Gasteiger partial charge on any atom is -0.466 e. The lowest BCUT2D eigenvalue weighted by Crippen LogP contribution is -2.29. The molecule has 2 rings (SSSR count). The second-order valence-electron chi connectivity index (χ2n) is 4.08. The van der Waals surface area contributed by atoms with E-state index in [-0.39, 0.29) is 30.5 Å². The van der Waals surface area contributed by atoms with Crippen LogP contribution in [0.2, 0.25) is 0 Å². The lowest BCUT2D eigenvalue weighted by atomic mass is 10.2. The van der Waals surface area contributed by atoms with Crippen molar-refractivity contribution in [2.75, 3.05) is 13.2 Å². The molecule has 0 aliphatic carbocycles. The van der Waals surface area contributed by atoms with Gasteiger partial charge in [0.2, 0.25) is 0 Å². The number of hydrogen-bond acceptors (Lipinski definition) is 5. The molecule has 1 aliphatic heterocycles. The van der Waals surface area contributed by atoms with Crippen LogP contribution in [0.15, 0.2) is 17.3 Å². The van der Waals surface area contributed by atoms with Crippen molar-refractivity contribution < 1.29 is 18.5 Å². The van der Waals surface area contributed by atoms with E-state index in [4.69, 9.17) is 4.74 Å². The first-order valence-electron chi connectivity index (χ1n) is 5.90. The van der Waals surface area contributed by atoms with E-state index in [9.17, 15) is 13.8 Å². The summed E-state index contributed by atoms with van der Waals surface area (Å²) in [5.41, 5.74) is 1.18. The van der Waals surface area contributed by atoms with Crippen molar-refractivity contribution >= 4 is 22.9 Å². The topological polar surface area (TPSA) is 76.6 Å². The molecule has 19 heavy (non-hydrogen) atoms. The summed E-state index contributed by atoms with van der Waals surface area (Å²) in [6, 6.07) is 1.66. The van der Waals surface area contributed by atoms with Crippen LogP contribution in [0.1, 0.15) is 29.3 Å². The average Bonchev–Trinajstić information content (AvgIpc) is 2.60. The Hall–Kier alpha value is -1.76. The van der Waals surface area contributed by atoms with Gasteiger partial charge in [-0.1, -0.05) is 0 Å². The van der Waals surface area contributed by atoms with Gasteiger partial charge in [-0.15, -0.1) is 0 Å². The fraction of sp³-hybridized carbons (Fsp3) is 0.417. The number of fused-ring (bicyclic) bond motifs is 1. The molecule has 6 nitrogen and oxygen atoms in total. The van der Waals surface area contributed by atoms with Crippen LogP contribution in [0.5, 0.6) is 0 Å². The maximum Gasteiger partial charge on any atom is 0.307 e. The lowest BCUT2D eigenvalue weighted by Gasteiger charge is -2.12. The minimum absolute atomic E-state index is 0.0261. The Morgan fingerprint density at radius 1 is 1.53 bits per heavy atom. The molecule has 1 aromatic rings. The van der Waals surface area contributed by atoms with Gasteiger partial charge in [0.15, 0.2) is 16.0 Å². The van der Waals surface area contributed by atoms with Gasteiger partial charge in [-0.3, -0.25) is 13.9 Å². The Morgan fingerprint density at radius 2 is 2.26 bits per heavy atom. The monoisotopic (exact) mass is 282 g/mol. The summed E-state index contributed by atoms with van der Waals surface area (Å²) in [5.74, 6) is -0.763. The quantitative estimate of drug-likeness (QED) is 0.764. The Kier molecular flexibility index (Phi) is 3.94. The van der Waals surface area contributed by atoms with E-state index in [0.29, 0.717) is 5.56 Å². The Morgan fingerprint density at radius 3 is 2.95 bits per heavy atom. The molecule has 0 N–H and O–H groups in total. The van der Waals surface area contributed by atoms with Crippen molar-refractivity contribution in [2.45, 2.75) is 25.3 Å². The Balaban J connectivity index is 2.12. The first-order chi connectivity index (χ1) is 9.04. The van der Waals surface area contributed by atoms with E-state index in [1.165, 1.54) is 0 Å². The highest BCUT2D eigenvalue weighted by atomic mass is 32.2. The van der Waals surface area contributed by atoms with Crippen molar-refractivity contribution in [3.8, 4) is 0 Å². The number of rotatable bonds is 4. The molecule has 1 atom stereocenters. The van der Waals surface area contributed by atoms with Crippen molar-refractivity contribution in [1.82, 2.24) is 9.29 Å². The number of aromatic nitrogens is 1.